The molecule has 0 unspecified atom stereocenters. The molecule has 0 heterocycles. The summed E-state index contributed by atoms with van der Waals surface area (Å²) in [6, 6.07) is 6.26. The van der Waals surface area contributed by atoms with E-state index in [2.05, 4.69) is 57.8 Å². The summed E-state index contributed by atoms with van der Waals surface area (Å²) in [7, 11) is 0. The highest BCUT2D eigenvalue weighted by atomic mass is 79.9. The predicted molar refractivity (Wildman–Crippen MR) is 55.5 cm³/mol. The van der Waals surface area contributed by atoms with Crippen LogP contribution in [0.5, 0.6) is 0 Å². The maximum Gasteiger partial charge on any atom is 0.0189 e. The second-order valence-corrected chi connectivity index (χ2v) is 4.49. The summed E-state index contributed by atoms with van der Waals surface area (Å²) >= 11 is 6.88. The minimum absolute atomic E-state index is 1.11. The topological polar surface area (TPSA) is 0 Å². The largest absolute Gasteiger partial charge is 0.0550 e. The first-order valence-electron chi connectivity index (χ1n) is 3.36. The third-order valence-corrected chi connectivity index (χ3v) is 2.36. The second kappa shape index (κ2) is 3.72. The first-order chi connectivity index (χ1) is 5.09. The van der Waals surface area contributed by atoms with Crippen LogP contribution in [0.15, 0.2) is 27.1 Å². The Labute approximate surface area is 84.3 Å². The first kappa shape index (κ1) is 9.27. The predicted octanol–water partition coefficient (Wildman–Crippen LogP) is 4.17. The third kappa shape index (κ3) is 2.60. The van der Waals surface area contributed by atoms with Gasteiger partial charge < -0.3 is 0 Å². The van der Waals surface area contributed by atoms with E-state index in [0.717, 1.165) is 8.95 Å². The Kier molecular flexibility index (Phi) is 3.14. The summed E-state index contributed by atoms with van der Waals surface area (Å²) < 4.78 is 2.23. The quantitative estimate of drug-likeness (QED) is 0.722. The van der Waals surface area contributed by atoms with Crippen LogP contribution in [0.25, 0.3) is 0 Å². The van der Waals surface area contributed by atoms with E-state index in [1.54, 1.807) is 0 Å². The zero-order chi connectivity index (χ0) is 8.43. The van der Waals surface area contributed by atoms with Gasteiger partial charge in [-0.25, -0.2) is 0 Å². The van der Waals surface area contributed by atoms with Gasteiger partial charge in [0.15, 0.2) is 0 Å². The highest BCUT2D eigenvalue weighted by Crippen LogP contribution is 2.24. The molecule has 1 radical (unpaired) electrons. The SMILES string of the molecule is C[C](C)c1cc(Br)cc(Br)c1. The Morgan fingerprint density at radius 1 is 1.00 bits per heavy atom. The summed E-state index contributed by atoms with van der Waals surface area (Å²) in [6.45, 7) is 4.21. The smallest absolute Gasteiger partial charge is 0.0189 e. The van der Waals surface area contributed by atoms with Gasteiger partial charge in [-0.15, -0.1) is 0 Å². The van der Waals surface area contributed by atoms with Crippen molar-refractivity contribution in [1.82, 2.24) is 0 Å². The Balaban J connectivity index is 3.08. The van der Waals surface area contributed by atoms with Gasteiger partial charge in [0.05, 0.1) is 0 Å². The highest BCUT2D eigenvalue weighted by molar-refractivity contribution is 9.11. The first-order valence-corrected chi connectivity index (χ1v) is 4.95. The van der Waals surface area contributed by atoms with Crippen LogP contribution in [-0.2, 0) is 0 Å². The fourth-order valence-electron chi connectivity index (χ4n) is 0.843. The minimum atomic E-state index is 1.11. The van der Waals surface area contributed by atoms with Gasteiger partial charge in [-0.1, -0.05) is 45.7 Å². The third-order valence-electron chi connectivity index (χ3n) is 1.44. The van der Waals surface area contributed by atoms with Gasteiger partial charge in [0.2, 0.25) is 0 Å². The number of hydrogen-bond donors (Lipinski definition) is 0. The van der Waals surface area contributed by atoms with Gasteiger partial charge in [0.1, 0.15) is 0 Å². The molecule has 1 aromatic carbocycles. The normalized spacial score (nSPS) is 10.6. The van der Waals surface area contributed by atoms with Crippen LogP contribution in [0.3, 0.4) is 0 Å². The lowest BCUT2D eigenvalue weighted by molar-refractivity contribution is 1.14. The van der Waals surface area contributed by atoms with Gasteiger partial charge in [0, 0.05) is 8.95 Å². The molecular formula is C9H9Br2. The zero-order valence-electron chi connectivity index (χ0n) is 6.49. The van der Waals surface area contributed by atoms with Crippen LogP contribution in [0.1, 0.15) is 19.4 Å². The molecule has 0 fully saturated rings. The average Bonchev–Trinajstić information content (AvgIpc) is 1.85. The lowest BCUT2D eigenvalue weighted by Crippen LogP contribution is -1.87. The zero-order valence-corrected chi connectivity index (χ0v) is 9.66. The molecule has 11 heavy (non-hydrogen) atoms. The van der Waals surface area contributed by atoms with Crippen molar-refractivity contribution in [3.63, 3.8) is 0 Å². The lowest BCUT2D eigenvalue weighted by Gasteiger charge is -2.05. The molecule has 0 atom stereocenters. The number of rotatable bonds is 1. The molecule has 0 N–H and O–H groups in total. The van der Waals surface area contributed by atoms with Gasteiger partial charge in [-0.05, 0) is 29.7 Å². The molecule has 0 aliphatic carbocycles. The molecule has 0 saturated heterocycles. The van der Waals surface area contributed by atoms with Crippen LogP contribution in [0.4, 0.5) is 0 Å². The fourth-order valence-corrected chi connectivity index (χ4v) is 2.14. The maximum atomic E-state index is 3.44. The summed E-state index contributed by atoms with van der Waals surface area (Å²) in [6.07, 6.45) is 0. The van der Waals surface area contributed by atoms with E-state index in [4.69, 9.17) is 0 Å². The van der Waals surface area contributed by atoms with Crippen molar-refractivity contribution in [1.29, 1.82) is 0 Å². The molecule has 0 aliphatic rings. The molecule has 2 heteroatoms. The molecule has 0 bridgehead atoms. The molecule has 0 aromatic heterocycles. The van der Waals surface area contributed by atoms with Crippen molar-refractivity contribution >= 4 is 31.9 Å². The van der Waals surface area contributed by atoms with Gasteiger partial charge in [0.25, 0.3) is 0 Å². The van der Waals surface area contributed by atoms with E-state index in [-0.39, 0.29) is 0 Å². The van der Waals surface area contributed by atoms with Crippen LogP contribution in [0.2, 0.25) is 0 Å². The summed E-state index contributed by atoms with van der Waals surface area (Å²) in [5, 5.41) is 0. The maximum absolute atomic E-state index is 3.44. The van der Waals surface area contributed by atoms with Crippen LogP contribution >= 0.6 is 31.9 Å². The highest BCUT2D eigenvalue weighted by Gasteiger charge is 2.01. The standard InChI is InChI=1S/C9H9Br2/c1-6(2)7-3-8(10)5-9(11)4-7/h3-5H,1-2H3. The second-order valence-electron chi connectivity index (χ2n) is 2.66. The van der Waals surface area contributed by atoms with E-state index < -0.39 is 0 Å². The molecule has 0 spiro atoms. The van der Waals surface area contributed by atoms with Crippen LogP contribution < -0.4 is 0 Å². The Morgan fingerprint density at radius 3 is 1.82 bits per heavy atom. The Morgan fingerprint density at radius 2 is 1.45 bits per heavy atom. The molecule has 0 amide bonds. The molecular weight excluding hydrogens is 268 g/mol. The summed E-state index contributed by atoms with van der Waals surface area (Å²) in [5.74, 6) is 1.33. The van der Waals surface area contributed by atoms with Gasteiger partial charge in [-0.2, -0.15) is 0 Å². The van der Waals surface area contributed by atoms with Crippen molar-refractivity contribution in [2.45, 2.75) is 13.8 Å². The van der Waals surface area contributed by atoms with E-state index >= 15 is 0 Å². The van der Waals surface area contributed by atoms with Gasteiger partial charge >= 0.3 is 0 Å². The van der Waals surface area contributed by atoms with E-state index in [0.29, 0.717) is 0 Å². The number of hydrogen-bond acceptors (Lipinski definition) is 0. The lowest BCUT2D eigenvalue weighted by atomic mass is 10.0. The average molecular weight is 277 g/mol. The fraction of sp³-hybridized carbons (Fsp3) is 0.222. The molecule has 1 rings (SSSR count). The van der Waals surface area contributed by atoms with Crippen molar-refractivity contribution in [3.8, 4) is 0 Å². The summed E-state index contributed by atoms with van der Waals surface area (Å²) in [5.41, 5.74) is 1.27. The molecule has 0 saturated carbocycles. The van der Waals surface area contributed by atoms with Crippen molar-refractivity contribution in [3.05, 3.63) is 38.6 Å². The van der Waals surface area contributed by atoms with Crippen LogP contribution in [-0.4, -0.2) is 0 Å². The molecule has 59 valence electrons. The van der Waals surface area contributed by atoms with E-state index in [1.165, 1.54) is 11.5 Å². The Hall–Kier alpha value is 0.180. The molecule has 0 aliphatic heterocycles. The van der Waals surface area contributed by atoms with Crippen molar-refractivity contribution < 1.29 is 0 Å². The number of benzene rings is 1. The summed E-state index contributed by atoms with van der Waals surface area (Å²) in [4.78, 5) is 0. The van der Waals surface area contributed by atoms with E-state index in [1.807, 2.05) is 6.07 Å². The van der Waals surface area contributed by atoms with Crippen LogP contribution in [0, 0.1) is 5.92 Å². The monoisotopic (exact) mass is 275 g/mol. The molecule has 0 nitrogen and oxygen atoms in total. The number of halogens is 2. The van der Waals surface area contributed by atoms with Crippen molar-refractivity contribution in [2.24, 2.45) is 0 Å². The Bertz CT molecular complexity index is 233. The molecule has 1 aromatic rings. The van der Waals surface area contributed by atoms with E-state index in [9.17, 15) is 0 Å². The minimum Gasteiger partial charge on any atom is -0.0550 e. The van der Waals surface area contributed by atoms with Crippen molar-refractivity contribution in [2.75, 3.05) is 0 Å². The van der Waals surface area contributed by atoms with Gasteiger partial charge in [-0.3, -0.25) is 0 Å².